The summed E-state index contributed by atoms with van der Waals surface area (Å²) in [5, 5.41) is 15.8. The summed E-state index contributed by atoms with van der Waals surface area (Å²) in [7, 11) is 1.91. The highest BCUT2D eigenvalue weighted by Crippen LogP contribution is 2.29. The zero-order valence-corrected chi connectivity index (χ0v) is 11.4. The van der Waals surface area contributed by atoms with Crippen molar-refractivity contribution in [1.29, 1.82) is 0 Å². The fourth-order valence-corrected chi connectivity index (χ4v) is 2.86. The zero-order chi connectivity index (χ0) is 13.3. The second-order valence-corrected chi connectivity index (χ2v) is 5.07. The molecule has 0 spiro atoms. The van der Waals surface area contributed by atoms with Crippen molar-refractivity contribution < 1.29 is 9.90 Å². The molecule has 0 aliphatic rings. The highest BCUT2D eigenvalue weighted by atomic mass is 32.1. The summed E-state index contributed by atoms with van der Waals surface area (Å²) < 4.78 is 1.84. The highest BCUT2D eigenvalue weighted by Gasteiger charge is 2.15. The van der Waals surface area contributed by atoms with Crippen LogP contribution in [0.25, 0.3) is 10.6 Å². The van der Waals surface area contributed by atoms with Gasteiger partial charge in [0.2, 0.25) is 0 Å². The molecule has 2 heterocycles. The molecule has 2 aromatic heterocycles. The van der Waals surface area contributed by atoms with Crippen molar-refractivity contribution in [2.45, 2.75) is 26.7 Å². The summed E-state index contributed by atoms with van der Waals surface area (Å²) in [5.41, 5.74) is 3.92. The summed E-state index contributed by atoms with van der Waals surface area (Å²) >= 11 is 1.54. The number of rotatable bonds is 4. The first-order valence-electron chi connectivity index (χ1n) is 5.65. The largest absolute Gasteiger partial charge is 0.481 e. The molecule has 0 aromatic carbocycles. The van der Waals surface area contributed by atoms with E-state index in [4.69, 9.17) is 5.11 Å². The lowest BCUT2D eigenvalue weighted by Gasteiger charge is -1.97. The van der Waals surface area contributed by atoms with E-state index in [1.54, 1.807) is 0 Å². The van der Waals surface area contributed by atoms with Gasteiger partial charge in [-0.05, 0) is 13.8 Å². The van der Waals surface area contributed by atoms with Crippen LogP contribution in [0.1, 0.15) is 23.5 Å². The molecule has 0 aliphatic carbocycles. The lowest BCUT2D eigenvalue weighted by Crippen LogP contribution is -1.97. The number of thiazole rings is 1. The van der Waals surface area contributed by atoms with Crippen molar-refractivity contribution in [2.75, 3.05) is 0 Å². The lowest BCUT2D eigenvalue weighted by atomic mass is 10.2. The van der Waals surface area contributed by atoms with Crippen molar-refractivity contribution in [1.82, 2.24) is 14.8 Å². The average molecular weight is 265 g/mol. The van der Waals surface area contributed by atoms with Crippen molar-refractivity contribution >= 4 is 17.3 Å². The molecular formula is C12H15N3O2S. The topological polar surface area (TPSA) is 68.0 Å². The standard InChI is InChI=1S/C12H15N3O2S/c1-7-11(8(2)15(3)14-7)12-13-9(6-18-12)4-5-10(16)17/h6H,4-5H2,1-3H3,(H,16,17). The van der Waals surface area contributed by atoms with E-state index >= 15 is 0 Å². The first kappa shape index (κ1) is 12.8. The maximum absolute atomic E-state index is 10.5. The predicted octanol–water partition coefficient (Wildman–Crippen LogP) is 2.18. The van der Waals surface area contributed by atoms with Crippen LogP contribution < -0.4 is 0 Å². The second kappa shape index (κ2) is 4.89. The van der Waals surface area contributed by atoms with Gasteiger partial charge in [0.1, 0.15) is 5.01 Å². The number of aliphatic carboxylic acids is 1. The molecular weight excluding hydrogens is 250 g/mol. The van der Waals surface area contributed by atoms with Crippen LogP contribution in [0.5, 0.6) is 0 Å². The maximum atomic E-state index is 10.5. The van der Waals surface area contributed by atoms with Crippen molar-refractivity contribution in [3.63, 3.8) is 0 Å². The van der Waals surface area contributed by atoms with E-state index in [1.807, 2.05) is 31.0 Å². The minimum absolute atomic E-state index is 0.119. The third-order valence-corrected chi connectivity index (χ3v) is 3.78. The van der Waals surface area contributed by atoms with E-state index in [9.17, 15) is 4.79 Å². The molecule has 5 nitrogen and oxygen atoms in total. The van der Waals surface area contributed by atoms with Gasteiger partial charge < -0.3 is 5.11 Å². The zero-order valence-electron chi connectivity index (χ0n) is 10.6. The number of carboxylic acids is 1. The molecule has 18 heavy (non-hydrogen) atoms. The molecule has 0 saturated carbocycles. The number of carbonyl (C=O) groups is 1. The first-order valence-corrected chi connectivity index (χ1v) is 6.53. The molecule has 0 radical (unpaired) electrons. The maximum Gasteiger partial charge on any atom is 0.303 e. The van der Waals surface area contributed by atoms with E-state index in [1.165, 1.54) is 11.3 Å². The Labute approximate surface area is 109 Å². The molecule has 0 atom stereocenters. The summed E-state index contributed by atoms with van der Waals surface area (Å²) in [4.78, 5) is 15.0. The fraction of sp³-hybridized carbons (Fsp3) is 0.417. The van der Waals surface area contributed by atoms with Gasteiger partial charge in [-0.3, -0.25) is 9.48 Å². The molecule has 0 amide bonds. The van der Waals surface area contributed by atoms with Crippen LogP contribution in [0.3, 0.4) is 0 Å². The van der Waals surface area contributed by atoms with Crippen LogP contribution in [0, 0.1) is 13.8 Å². The van der Waals surface area contributed by atoms with Gasteiger partial charge >= 0.3 is 5.97 Å². The van der Waals surface area contributed by atoms with Crippen molar-refractivity contribution in [3.05, 3.63) is 22.5 Å². The molecule has 0 aliphatic heterocycles. The van der Waals surface area contributed by atoms with Crippen LogP contribution >= 0.6 is 11.3 Å². The summed E-state index contributed by atoms with van der Waals surface area (Å²) in [6.07, 6.45) is 0.596. The van der Waals surface area contributed by atoms with Gasteiger partial charge in [0.15, 0.2) is 0 Å². The predicted molar refractivity (Wildman–Crippen MR) is 69.7 cm³/mol. The Balaban J connectivity index is 2.26. The number of hydrogen-bond donors (Lipinski definition) is 1. The summed E-state index contributed by atoms with van der Waals surface area (Å²) in [6.45, 7) is 3.97. The molecule has 2 aromatic rings. The molecule has 1 N–H and O–H groups in total. The van der Waals surface area contributed by atoms with Gasteiger partial charge in [-0.2, -0.15) is 5.10 Å². The smallest absolute Gasteiger partial charge is 0.303 e. The number of hydrogen-bond acceptors (Lipinski definition) is 4. The van der Waals surface area contributed by atoms with Gasteiger partial charge in [0, 0.05) is 24.5 Å². The number of carboxylic acid groups (broad SMARTS) is 1. The second-order valence-electron chi connectivity index (χ2n) is 4.21. The Hall–Kier alpha value is -1.69. The van der Waals surface area contributed by atoms with E-state index in [0.29, 0.717) is 6.42 Å². The van der Waals surface area contributed by atoms with E-state index in [2.05, 4.69) is 10.1 Å². The third kappa shape index (κ3) is 2.43. The van der Waals surface area contributed by atoms with Gasteiger partial charge in [-0.25, -0.2) is 4.98 Å². The Kier molecular flexibility index (Phi) is 3.47. The fourth-order valence-electron chi connectivity index (χ4n) is 1.85. The van der Waals surface area contributed by atoms with E-state index in [-0.39, 0.29) is 6.42 Å². The molecule has 0 saturated heterocycles. The molecule has 0 unspecified atom stereocenters. The van der Waals surface area contributed by atoms with Crippen LogP contribution in [0.2, 0.25) is 0 Å². The molecule has 0 bridgehead atoms. The molecule has 96 valence electrons. The highest BCUT2D eigenvalue weighted by molar-refractivity contribution is 7.13. The molecule has 0 fully saturated rings. The monoisotopic (exact) mass is 265 g/mol. The third-order valence-electron chi connectivity index (χ3n) is 2.87. The normalized spacial score (nSPS) is 10.8. The number of aromatic nitrogens is 3. The molecule has 6 heteroatoms. The van der Waals surface area contributed by atoms with Crippen LogP contribution in [-0.4, -0.2) is 25.8 Å². The summed E-state index contributed by atoms with van der Waals surface area (Å²) in [6, 6.07) is 0. The Morgan fingerprint density at radius 2 is 2.22 bits per heavy atom. The number of nitrogens with zero attached hydrogens (tertiary/aromatic N) is 3. The quantitative estimate of drug-likeness (QED) is 0.920. The Morgan fingerprint density at radius 3 is 2.78 bits per heavy atom. The minimum Gasteiger partial charge on any atom is -0.481 e. The van der Waals surface area contributed by atoms with Crippen molar-refractivity contribution in [3.8, 4) is 10.6 Å². The minimum atomic E-state index is -0.793. The van der Waals surface area contributed by atoms with Crippen LogP contribution in [-0.2, 0) is 18.3 Å². The van der Waals surface area contributed by atoms with Crippen LogP contribution in [0.4, 0.5) is 0 Å². The van der Waals surface area contributed by atoms with Crippen molar-refractivity contribution in [2.24, 2.45) is 7.05 Å². The van der Waals surface area contributed by atoms with Gasteiger partial charge in [-0.15, -0.1) is 11.3 Å². The average Bonchev–Trinajstić information content (AvgIpc) is 2.83. The van der Waals surface area contributed by atoms with Gasteiger partial charge in [0.25, 0.3) is 0 Å². The first-order chi connectivity index (χ1) is 8.49. The van der Waals surface area contributed by atoms with E-state index < -0.39 is 5.97 Å². The summed E-state index contributed by atoms with van der Waals surface area (Å²) in [5.74, 6) is -0.793. The SMILES string of the molecule is Cc1nn(C)c(C)c1-c1nc(CCC(=O)O)cs1. The Morgan fingerprint density at radius 1 is 1.50 bits per heavy atom. The molecule has 2 rings (SSSR count). The Bertz CT molecular complexity index is 586. The van der Waals surface area contributed by atoms with Gasteiger partial charge in [-0.1, -0.05) is 0 Å². The number of aryl methyl sites for hydroxylation is 3. The lowest BCUT2D eigenvalue weighted by molar-refractivity contribution is -0.136. The van der Waals surface area contributed by atoms with Gasteiger partial charge in [0.05, 0.1) is 23.4 Å². The van der Waals surface area contributed by atoms with E-state index in [0.717, 1.165) is 27.7 Å². The van der Waals surface area contributed by atoms with Crippen LogP contribution in [0.15, 0.2) is 5.38 Å².